The molecule has 8 heteroatoms. The molecule has 1 aromatic carbocycles. The fourth-order valence-electron chi connectivity index (χ4n) is 1.66. The number of nitro groups is 1. The number of benzene rings is 1. The Balaban J connectivity index is 2.34. The minimum Gasteiger partial charge on any atom is -0.384 e. The molecule has 0 aliphatic rings. The van der Waals surface area contributed by atoms with Crippen molar-refractivity contribution in [2.45, 2.75) is 6.92 Å². The molecular formula is C13H11BrN4O3. The smallest absolute Gasteiger partial charge is 0.300 e. The first-order valence-corrected chi connectivity index (χ1v) is 6.65. The Morgan fingerprint density at radius 2 is 2.14 bits per heavy atom. The summed E-state index contributed by atoms with van der Waals surface area (Å²) >= 11 is 3.35. The first-order valence-electron chi connectivity index (χ1n) is 5.86. The lowest BCUT2D eigenvalue weighted by Gasteiger charge is -2.07. The third kappa shape index (κ3) is 3.34. The van der Waals surface area contributed by atoms with E-state index in [1.165, 1.54) is 6.07 Å². The van der Waals surface area contributed by atoms with Crippen molar-refractivity contribution in [3.63, 3.8) is 0 Å². The van der Waals surface area contributed by atoms with Gasteiger partial charge in [-0.15, -0.1) is 0 Å². The van der Waals surface area contributed by atoms with E-state index in [2.05, 4.69) is 26.2 Å². The monoisotopic (exact) mass is 350 g/mol. The van der Waals surface area contributed by atoms with E-state index >= 15 is 0 Å². The van der Waals surface area contributed by atoms with Crippen molar-refractivity contribution in [3.8, 4) is 0 Å². The average Bonchev–Trinajstić information content (AvgIpc) is 2.42. The van der Waals surface area contributed by atoms with E-state index in [0.717, 1.165) is 16.2 Å². The van der Waals surface area contributed by atoms with Gasteiger partial charge in [0.1, 0.15) is 17.6 Å². The highest BCUT2D eigenvalue weighted by molar-refractivity contribution is 9.10. The minimum atomic E-state index is -0.674. The molecule has 2 rings (SSSR count). The molecule has 1 heterocycles. The average molecular weight is 351 g/mol. The zero-order valence-corrected chi connectivity index (χ0v) is 12.5. The molecule has 0 bridgehead atoms. The van der Waals surface area contributed by atoms with Crippen LogP contribution in [0.4, 0.5) is 17.2 Å². The van der Waals surface area contributed by atoms with Crippen LogP contribution >= 0.6 is 15.9 Å². The highest BCUT2D eigenvalue weighted by Crippen LogP contribution is 2.23. The molecule has 0 saturated heterocycles. The van der Waals surface area contributed by atoms with Crippen LogP contribution < -0.4 is 11.1 Å². The molecule has 0 spiro atoms. The van der Waals surface area contributed by atoms with Crippen LogP contribution in [0.3, 0.4) is 0 Å². The summed E-state index contributed by atoms with van der Waals surface area (Å²) in [6, 6.07) is 6.41. The molecule has 3 N–H and O–H groups in total. The van der Waals surface area contributed by atoms with Crippen molar-refractivity contribution in [3.05, 3.63) is 56.2 Å². The van der Waals surface area contributed by atoms with Crippen LogP contribution in [-0.2, 0) is 0 Å². The van der Waals surface area contributed by atoms with Crippen LogP contribution in [0.2, 0.25) is 0 Å². The third-order valence-electron chi connectivity index (χ3n) is 2.78. The molecule has 108 valence electrons. The first kappa shape index (κ1) is 14.9. The van der Waals surface area contributed by atoms with Gasteiger partial charge in [-0.05, 0) is 30.7 Å². The normalized spacial score (nSPS) is 10.2. The van der Waals surface area contributed by atoms with Gasteiger partial charge in [-0.2, -0.15) is 0 Å². The maximum absolute atomic E-state index is 12.2. The van der Waals surface area contributed by atoms with Gasteiger partial charge in [0.15, 0.2) is 0 Å². The topological polar surface area (TPSA) is 111 Å². The van der Waals surface area contributed by atoms with E-state index in [9.17, 15) is 14.9 Å². The van der Waals surface area contributed by atoms with Gasteiger partial charge < -0.3 is 11.1 Å². The summed E-state index contributed by atoms with van der Waals surface area (Å²) in [5.74, 6) is -0.581. The number of nitrogens with two attached hydrogens (primary N) is 1. The van der Waals surface area contributed by atoms with Gasteiger partial charge in [-0.3, -0.25) is 14.9 Å². The van der Waals surface area contributed by atoms with Crippen molar-refractivity contribution in [2.24, 2.45) is 0 Å². The Labute approximate surface area is 128 Å². The predicted molar refractivity (Wildman–Crippen MR) is 82.1 cm³/mol. The van der Waals surface area contributed by atoms with Crippen molar-refractivity contribution in [1.82, 2.24) is 4.98 Å². The van der Waals surface area contributed by atoms with Crippen molar-refractivity contribution in [1.29, 1.82) is 0 Å². The van der Waals surface area contributed by atoms with Crippen molar-refractivity contribution < 1.29 is 9.72 Å². The number of pyridine rings is 1. The molecule has 0 atom stereocenters. The Bertz CT molecular complexity index is 733. The largest absolute Gasteiger partial charge is 0.384 e. The number of aromatic nitrogens is 1. The Hall–Kier alpha value is -2.48. The fourth-order valence-corrected chi connectivity index (χ4v) is 2.04. The highest BCUT2D eigenvalue weighted by Gasteiger charge is 2.21. The Morgan fingerprint density at radius 1 is 1.43 bits per heavy atom. The Morgan fingerprint density at radius 3 is 2.76 bits per heavy atom. The lowest BCUT2D eigenvalue weighted by atomic mass is 10.2. The summed E-state index contributed by atoms with van der Waals surface area (Å²) in [5.41, 5.74) is 6.47. The number of nitrogens with zero attached hydrogens (tertiary/aromatic N) is 2. The zero-order valence-electron chi connectivity index (χ0n) is 11.0. The lowest BCUT2D eigenvalue weighted by Crippen LogP contribution is -2.15. The number of carbonyl (C=O) groups excluding carboxylic acids is 1. The van der Waals surface area contributed by atoms with E-state index in [-0.39, 0.29) is 11.4 Å². The quantitative estimate of drug-likeness (QED) is 0.652. The number of rotatable bonds is 3. The second-order valence-electron chi connectivity index (χ2n) is 4.30. The second-order valence-corrected chi connectivity index (χ2v) is 5.16. The summed E-state index contributed by atoms with van der Waals surface area (Å²) in [6.45, 7) is 1.91. The first-order chi connectivity index (χ1) is 9.88. The summed E-state index contributed by atoms with van der Waals surface area (Å²) in [6.07, 6.45) is 0.968. The fraction of sp³-hybridized carbons (Fsp3) is 0.0769. The lowest BCUT2D eigenvalue weighted by molar-refractivity contribution is -0.385. The van der Waals surface area contributed by atoms with E-state index < -0.39 is 16.5 Å². The molecule has 1 aromatic heterocycles. The number of halogens is 1. The minimum absolute atomic E-state index is 0.0378. The zero-order chi connectivity index (χ0) is 15.6. The van der Waals surface area contributed by atoms with Gasteiger partial charge in [0.25, 0.3) is 11.6 Å². The van der Waals surface area contributed by atoms with Crippen LogP contribution in [0.5, 0.6) is 0 Å². The van der Waals surface area contributed by atoms with Gasteiger partial charge in [0.2, 0.25) is 0 Å². The summed E-state index contributed by atoms with van der Waals surface area (Å²) < 4.78 is 0.823. The van der Waals surface area contributed by atoms with E-state index in [1.54, 1.807) is 12.1 Å². The van der Waals surface area contributed by atoms with Crippen LogP contribution in [0, 0.1) is 17.0 Å². The molecular weight excluding hydrogens is 340 g/mol. The molecule has 7 nitrogen and oxygen atoms in total. The molecule has 0 radical (unpaired) electrons. The summed E-state index contributed by atoms with van der Waals surface area (Å²) in [4.78, 5) is 26.1. The SMILES string of the molecule is Cc1ccc(NC(=O)c2cc(N)ncc2[N+](=O)[O-])cc1Br. The molecule has 0 fully saturated rings. The summed E-state index contributed by atoms with van der Waals surface area (Å²) in [7, 11) is 0. The number of aryl methyl sites for hydroxylation is 1. The maximum Gasteiger partial charge on any atom is 0.300 e. The van der Waals surface area contributed by atoms with E-state index in [0.29, 0.717) is 5.69 Å². The molecule has 21 heavy (non-hydrogen) atoms. The molecule has 0 saturated carbocycles. The van der Waals surface area contributed by atoms with Crippen LogP contribution in [0.1, 0.15) is 15.9 Å². The van der Waals surface area contributed by atoms with Crippen LogP contribution in [0.25, 0.3) is 0 Å². The maximum atomic E-state index is 12.2. The number of amides is 1. The van der Waals surface area contributed by atoms with Gasteiger partial charge >= 0.3 is 0 Å². The number of carbonyl (C=O) groups is 1. The number of anilines is 2. The molecule has 1 amide bonds. The molecule has 0 aliphatic heterocycles. The number of nitrogens with one attached hydrogen (secondary N) is 1. The van der Waals surface area contributed by atoms with E-state index in [1.807, 2.05) is 13.0 Å². The van der Waals surface area contributed by atoms with E-state index in [4.69, 9.17) is 5.73 Å². The molecule has 2 aromatic rings. The van der Waals surface area contributed by atoms with Gasteiger partial charge in [0.05, 0.1) is 4.92 Å². The van der Waals surface area contributed by atoms with Gasteiger partial charge in [-0.1, -0.05) is 22.0 Å². The van der Waals surface area contributed by atoms with Crippen LogP contribution in [0.15, 0.2) is 34.9 Å². The highest BCUT2D eigenvalue weighted by atomic mass is 79.9. The van der Waals surface area contributed by atoms with Crippen LogP contribution in [-0.4, -0.2) is 15.8 Å². The molecule has 0 aliphatic carbocycles. The van der Waals surface area contributed by atoms with Gasteiger partial charge in [-0.25, -0.2) is 4.98 Å². The second kappa shape index (κ2) is 5.88. The number of hydrogen-bond donors (Lipinski definition) is 2. The Kier molecular flexibility index (Phi) is 4.18. The molecule has 0 unspecified atom stereocenters. The van der Waals surface area contributed by atoms with Crippen molar-refractivity contribution in [2.75, 3.05) is 11.1 Å². The van der Waals surface area contributed by atoms with Gasteiger partial charge in [0, 0.05) is 10.2 Å². The standard InChI is InChI=1S/C13H11BrN4O3/c1-7-2-3-8(4-10(7)14)17-13(19)9-5-12(15)16-6-11(9)18(20)21/h2-6H,1H3,(H2,15,16)(H,17,19). The van der Waals surface area contributed by atoms with Crippen molar-refractivity contribution >= 4 is 39.0 Å². The predicted octanol–water partition coefficient (Wildman–Crippen LogP) is 2.90. The summed E-state index contributed by atoms with van der Waals surface area (Å²) in [5, 5.41) is 13.5. The third-order valence-corrected chi connectivity index (χ3v) is 3.63. The number of nitrogen functional groups attached to an aromatic ring is 1. The number of hydrogen-bond acceptors (Lipinski definition) is 5.